The van der Waals surface area contributed by atoms with Crippen molar-refractivity contribution in [1.29, 1.82) is 0 Å². The van der Waals surface area contributed by atoms with E-state index in [-0.39, 0.29) is 18.9 Å². The molecule has 2 aromatic rings. The molecule has 0 saturated heterocycles. The lowest BCUT2D eigenvalue weighted by atomic mass is 10.1. The summed E-state index contributed by atoms with van der Waals surface area (Å²) in [7, 11) is 3.07. The molecule has 0 heterocycles. The quantitative estimate of drug-likeness (QED) is 0.771. The van der Waals surface area contributed by atoms with E-state index in [2.05, 4.69) is 5.32 Å². The van der Waals surface area contributed by atoms with Crippen LogP contribution >= 0.6 is 0 Å². The van der Waals surface area contributed by atoms with Gasteiger partial charge in [0.25, 0.3) is 5.91 Å². The number of carbonyl (C=O) groups excluding carboxylic acids is 2. The number of hydrogen-bond acceptors (Lipinski definition) is 5. The summed E-state index contributed by atoms with van der Waals surface area (Å²) < 4.78 is 15.4. The molecule has 0 saturated carbocycles. The molecule has 138 valence electrons. The fraction of sp³-hybridized carbons (Fsp3) is 0.300. The third kappa shape index (κ3) is 5.24. The Hall–Kier alpha value is -3.02. The van der Waals surface area contributed by atoms with E-state index in [9.17, 15) is 9.59 Å². The number of ether oxygens (including phenoxy) is 3. The molecule has 2 rings (SSSR count). The summed E-state index contributed by atoms with van der Waals surface area (Å²) in [5.41, 5.74) is 3.55. The summed E-state index contributed by atoms with van der Waals surface area (Å²) >= 11 is 0. The minimum atomic E-state index is -0.510. The van der Waals surface area contributed by atoms with E-state index in [1.54, 1.807) is 25.3 Å². The summed E-state index contributed by atoms with van der Waals surface area (Å²) in [6.45, 7) is 3.62. The fourth-order valence-corrected chi connectivity index (χ4v) is 2.37. The monoisotopic (exact) mass is 357 g/mol. The Bertz CT molecular complexity index is 801. The van der Waals surface area contributed by atoms with Gasteiger partial charge in [0.15, 0.2) is 6.61 Å². The van der Waals surface area contributed by atoms with E-state index in [1.807, 2.05) is 32.0 Å². The van der Waals surface area contributed by atoms with E-state index in [0.29, 0.717) is 22.7 Å². The van der Waals surface area contributed by atoms with Crippen LogP contribution in [0.4, 0.5) is 5.69 Å². The molecule has 0 unspecified atom stereocenters. The van der Waals surface area contributed by atoms with Gasteiger partial charge in [-0.25, -0.2) is 0 Å². The first-order chi connectivity index (χ1) is 12.4. The first kappa shape index (κ1) is 19.3. The molecule has 0 spiro atoms. The maximum absolute atomic E-state index is 12.0. The van der Waals surface area contributed by atoms with Gasteiger partial charge in [-0.1, -0.05) is 12.1 Å². The van der Waals surface area contributed by atoms with E-state index < -0.39 is 5.97 Å². The Morgan fingerprint density at radius 2 is 1.73 bits per heavy atom. The number of rotatable bonds is 7. The molecule has 0 atom stereocenters. The molecule has 0 aromatic heterocycles. The van der Waals surface area contributed by atoms with Gasteiger partial charge in [-0.2, -0.15) is 0 Å². The second-order valence-corrected chi connectivity index (χ2v) is 5.86. The van der Waals surface area contributed by atoms with Gasteiger partial charge in [-0.3, -0.25) is 9.59 Å². The zero-order valence-corrected chi connectivity index (χ0v) is 15.4. The second-order valence-electron chi connectivity index (χ2n) is 5.86. The third-order valence-electron chi connectivity index (χ3n) is 3.98. The van der Waals surface area contributed by atoms with E-state index in [0.717, 1.165) is 11.1 Å². The molecule has 6 nitrogen and oxygen atoms in total. The van der Waals surface area contributed by atoms with Crippen molar-refractivity contribution in [2.75, 3.05) is 26.1 Å². The molecule has 26 heavy (non-hydrogen) atoms. The molecule has 1 N–H and O–H groups in total. The van der Waals surface area contributed by atoms with Crippen molar-refractivity contribution in [3.8, 4) is 11.5 Å². The van der Waals surface area contributed by atoms with E-state index in [1.165, 1.54) is 7.11 Å². The minimum Gasteiger partial charge on any atom is -0.497 e. The number of amides is 1. The second kappa shape index (κ2) is 8.89. The number of aryl methyl sites for hydroxylation is 2. The van der Waals surface area contributed by atoms with Crippen LogP contribution < -0.4 is 14.8 Å². The zero-order valence-electron chi connectivity index (χ0n) is 15.4. The number of anilines is 1. The van der Waals surface area contributed by atoms with Gasteiger partial charge >= 0.3 is 5.97 Å². The van der Waals surface area contributed by atoms with Crippen LogP contribution in [0, 0.1) is 13.8 Å². The highest BCUT2D eigenvalue weighted by Gasteiger charge is 2.13. The highest BCUT2D eigenvalue weighted by Crippen LogP contribution is 2.25. The van der Waals surface area contributed by atoms with Crippen molar-refractivity contribution in [2.24, 2.45) is 0 Å². The van der Waals surface area contributed by atoms with Crippen LogP contribution in [0.1, 0.15) is 16.7 Å². The molecular weight excluding hydrogens is 334 g/mol. The minimum absolute atomic E-state index is 0.00406. The molecule has 0 bridgehead atoms. The summed E-state index contributed by atoms with van der Waals surface area (Å²) in [5.74, 6) is 0.264. The summed E-state index contributed by atoms with van der Waals surface area (Å²) in [5, 5.41) is 2.71. The highest BCUT2D eigenvalue weighted by molar-refractivity contribution is 5.93. The number of esters is 1. The Kier molecular flexibility index (Phi) is 6.60. The predicted octanol–water partition coefficient (Wildman–Crippen LogP) is 3.05. The Labute approximate surface area is 153 Å². The normalized spacial score (nSPS) is 10.2. The summed E-state index contributed by atoms with van der Waals surface area (Å²) in [6, 6.07) is 10.8. The lowest BCUT2D eigenvalue weighted by Crippen LogP contribution is -2.21. The molecular formula is C20H23NO5. The van der Waals surface area contributed by atoms with Crippen LogP contribution in [0.25, 0.3) is 0 Å². The van der Waals surface area contributed by atoms with Crippen molar-refractivity contribution in [3.05, 3.63) is 53.1 Å². The van der Waals surface area contributed by atoms with Gasteiger partial charge in [-0.05, 0) is 43.2 Å². The molecule has 0 radical (unpaired) electrons. The van der Waals surface area contributed by atoms with Crippen LogP contribution in [0.3, 0.4) is 0 Å². The average molecular weight is 357 g/mol. The Morgan fingerprint density at radius 3 is 2.38 bits per heavy atom. The average Bonchev–Trinajstić information content (AvgIpc) is 2.63. The number of nitrogens with one attached hydrogen (secondary N) is 1. The van der Waals surface area contributed by atoms with Crippen molar-refractivity contribution in [3.63, 3.8) is 0 Å². The SMILES string of the molecule is COc1ccc(CC(=O)OCC(=O)Nc2ccc(C)c(C)c2)c(OC)c1. The van der Waals surface area contributed by atoms with Crippen LogP contribution in [0.2, 0.25) is 0 Å². The maximum atomic E-state index is 12.0. The summed E-state index contributed by atoms with van der Waals surface area (Å²) in [6.07, 6.45) is 0.00406. The lowest BCUT2D eigenvalue weighted by Gasteiger charge is -2.11. The predicted molar refractivity (Wildman–Crippen MR) is 98.8 cm³/mol. The first-order valence-electron chi connectivity index (χ1n) is 8.16. The van der Waals surface area contributed by atoms with Crippen LogP contribution in [-0.4, -0.2) is 32.7 Å². The maximum Gasteiger partial charge on any atom is 0.310 e. The lowest BCUT2D eigenvalue weighted by molar-refractivity contribution is -0.146. The van der Waals surface area contributed by atoms with Gasteiger partial charge in [0.05, 0.1) is 20.6 Å². The largest absolute Gasteiger partial charge is 0.497 e. The van der Waals surface area contributed by atoms with Crippen LogP contribution in [-0.2, 0) is 20.7 Å². The number of carbonyl (C=O) groups is 2. The van der Waals surface area contributed by atoms with Crippen LogP contribution in [0.15, 0.2) is 36.4 Å². The number of benzene rings is 2. The Morgan fingerprint density at radius 1 is 0.962 bits per heavy atom. The number of hydrogen-bond donors (Lipinski definition) is 1. The molecule has 0 aliphatic carbocycles. The van der Waals surface area contributed by atoms with Crippen molar-refractivity contribution >= 4 is 17.6 Å². The van der Waals surface area contributed by atoms with Crippen molar-refractivity contribution < 1.29 is 23.8 Å². The van der Waals surface area contributed by atoms with Gasteiger partial charge in [0.1, 0.15) is 11.5 Å². The standard InChI is InChI=1S/C20H23NO5/c1-13-5-7-16(9-14(13)2)21-19(22)12-26-20(23)10-15-6-8-17(24-3)11-18(15)25-4/h5-9,11H,10,12H2,1-4H3,(H,21,22). The molecule has 2 aromatic carbocycles. The van der Waals surface area contributed by atoms with Crippen LogP contribution in [0.5, 0.6) is 11.5 Å². The molecule has 0 fully saturated rings. The number of methoxy groups -OCH3 is 2. The smallest absolute Gasteiger partial charge is 0.310 e. The molecule has 6 heteroatoms. The van der Waals surface area contributed by atoms with Crippen molar-refractivity contribution in [2.45, 2.75) is 20.3 Å². The highest BCUT2D eigenvalue weighted by atomic mass is 16.5. The molecule has 1 amide bonds. The molecule has 0 aliphatic heterocycles. The van der Waals surface area contributed by atoms with Gasteiger partial charge in [0, 0.05) is 17.3 Å². The van der Waals surface area contributed by atoms with Gasteiger partial charge in [0.2, 0.25) is 0 Å². The zero-order chi connectivity index (χ0) is 19.1. The van der Waals surface area contributed by atoms with E-state index >= 15 is 0 Å². The van der Waals surface area contributed by atoms with Gasteiger partial charge < -0.3 is 19.5 Å². The molecule has 0 aliphatic rings. The first-order valence-corrected chi connectivity index (χ1v) is 8.16. The fourth-order valence-electron chi connectivity index (χ4n) is 2.37. The van der Waals surface area contributed by atoms with Gasteiger partial charge in [-0.15, -0.1) is 0 Å². The van der Waals surface area contributed by atoms with Crippen molar-refractivity contribution in [1.82, 2.24) is 0 Å². The third-order valence-corrected chi connectivity index (χ3v) is 3.98. The van der Waals surface area contributed by atoms with E-state index in [4.69, 9.17) is 14.2 Å². The topological polar surface area (TPSA) is 73.9 Å². The Balaban J connectivity index is 1.88. The summed E-state index contributed by atoms with van der Waals surface area (Å²) in [4.78, 5) is 23.9.